The van der Waals surface area contributed by atoms with Gasteiger partial charge in [-0.3, -0.25) is 4.99 Å². The number of hydrogen-bond donors (Lipinski definition) is 1. The van der Waals surface area contributed by atoms with Crippen molar-refractivity contribution in [2.24, 2.45) is 10.7 Å². The summed E-state index contributed by atoms with van der Waals surface area (Å²) in [4.78, 5) is 6.30. The number of benzene rings is 2. The standard InChI is InChI=1S/C16H17N3/c1-19-15(11-18-16(19)17)14-9-7-13(8-10-14)12-5-3-2-4-6-12/h2-10,15H,11H2,1H3,(H2,17,18). The smallest absolute Gasteiger partial charge is 0.191 e. The van der Waals surface area contributed by atoms with Crippen LogP contribution in [0.4, 0.5) is 0 Å². The molecule has 96 valence electrons. The summed E-state index contributed by atoms with van der Waals surface area (Å²) in [6.45, 7) is 0.743. The van der Waals surface area contributed by atoms with E-state index in [-0.39, 0.29) is 6.04 Å². The predicted molar refractivity (Wildman–Crippen MR) is 78.9 cm³/mol. The molecule has 1 atom stereocenters. The van der Waals surface area contributed by atoms with Crippen LogP contribution < -0.4 is 5.73 Å². The Morgan fingerprint density at radius 3 is 2.21 bits per heavy atom. The molecule has 0 bridgehead atoms. The van der Waals surface area contributed by atoms with Crippen molar-refractivity contribution in [1.82, 2.24) is 4.90 Å². The molecule has 0 amide bonds. The van der Waals surface area contributed by atoms with E-state index in [2.05, 4.69) is 53.5 Å². The van der Waals surface area contributed by atoms with Crippen molar-refractivity contribution in [3.05, 3.63) is 60.2 Å². The van der Waals surface area contributed by atoms with Gasteiger partial charge in [0.05, 0.1) is 12.6 Å². The molecule has 3 rings (SSSR count). The average Bonchev–Trinajstić information content (AvgIpc) is 2.80. The highest BCUT2D eigenvalue weighted by Crippen LogP contribution is 2.26. The number of nitrogens with two attached hydrogens (primary N) is 1. The summed E-state index contributed by atoms with van der Waals surface area (Å²) in [7, 11) is 1.99. The Balaban J connectivity index is 1.84. The molecule has 0 saturated carbocycles. The maximum atomic E-state index is 5.80. The molecule has 0 spiro atoms. The second-order valence-electron chi connectivity index (χ2n) is 4.81. The fraction of sp³-hybridized carbons (Fsp3) is 0.188. The number of nitrogens with zero attached hydrogens (tertiary/aromatic N) is 2. The zero-order chi connectivity index (χ0) is 13.2. The van der Waals surface area contributed by atoms with E-state index < -0.39 is 0 Å². The van der Waals surface area contributed by atoms with E-state index >= 15 is 0 Å². The lowest BCUT2D eigenvalue weighted by molar-refractivity contribution is 0.414. The van der Waals surface area contributed by atoms with Crippen LogP contribution in [0, 0.1) is 0 Å². The van der Waals surface area contributed by atoms with E-state index in [1.165, 1.54) is 16.7 Å². The van der Waals surface area contributed by atoms with Crippen molar-refractivity contribution in [3.63, 3.8) is 0 Å². The van der Waals surface area contributed by atoms with Crippen LogP contribution in [0.3, 0.4) is 0 Å². The van der Waals surface area contributed by atoms with Crippen LogP contribution in [0.5, 0.6) is 0 Å². The molecule has 3 nitrogen and oxygen atoms in total. The van der Waals surface area contributed by atoms with Crippen molar-refractivity contribution in [1.29, 1.82) is 0 Å². The molecule has 0 fully saturated rings. The van der Waals surface area contributed by atoms with E-state index in [1.807, 2.05) is 18.0 Å². The quantitative estimate of drug-likeness (QED) is 0.891. The highest BCUT2D eigenvalue weighted by molar-refractivity contribution is 5.80. The van der Waals surface area contributed by atoms with Crippen LogP contribution in [0.1, 0.15) is 11.6 Å². The van der Waals surface area contributed by atoms with Crippen LogP contribution in [-0.2, 0) is 0 Å². The van der Waals surface area contributed by atoms with Crippen LogP contribution >= 0.6 is 0 Å². The first-order valence-electron chi connectivity index (χ1n) is 6.44. The molecule has 1 aliphatic rings. The average molecular weight is 251 g/mol. The lowest BCUT2D eigenvalue weighted by Crippen LogP contribution is -2.32. The molecular formula is C16H17N3. The van der Waals surface area contributed by atoms with Gasteiger partial charge in [0.15, 0.2) is 5.96 Å². The lowest BCUT2D eigenvalue weighted by atomic mass is 10.0. The molecule has 1 unspecified atom stereocenters. The Morgan fingerprint density at radius 2 is 1.63 bits per heavy atom. The van der Waals surface area contributed by atoms with Crippen LogP contribution in [0.25, 0.3) is 11.1 Å². The van der Waals surface area contributed by atoms with Gasteiger partial charge in [0.25, 0.3) is 0 Å². The SMILES string of the molecule is CN1C(N)=NCC1c1ccc(-c2ccccc2)cc1. The first-order valence-corrected chi connectivity index (χ1v) is 6.44. The highest BCUT2D eigenvalue weighted by atomic mass is 15.3. The second-order valence-corrected chi connectivity index (χ2v) is 4.81. The normalized spacial score (nSPS) is 18.5. The predicted octanol–water partition coefficient (Wildman–Crippen LogP) is 2.65. The zero-order valence-corrected chi connectivity index (χ0v) is 11.0. The monoisotopic (exact) mass is 251 g/mol. The third kappa shape index (κ3) is 2.19. The number of hydrogen-bond acceptors (Lipinski definition) is 3. The number of aliphatic imine (C=N–C) groups is 1. The summed E-state index contributed by atoms with van der Waals surface area (Å²) in [6.07, 6.45) is 0. The Kier molecular flexibility index (Phi) is 2.95. The molecule has 2 aromatic carbocycles. The second kappa shape index (κ2) is 4.76. The van der Waals surface area contributed by atoms with E-state index in [9.17, 15) is 0 Å². The molecule has 0 saturated heterocycles. The third-order valence-corrected chi connectivity index (χ3v) is 3.66. The summed E-state index contributed by atoms with van der Waals surface area (Å²) < 4.78 is 0. The number of rotatable bonds is 2. The molecule has 0 aromatic heterocycles. The zero-order valence-electron chi connectivity index (χ0n) is 11.0. The highest BCUT2D eigenvalue weighted by Gasteiger charge is 2.23. The Hall–Kier alpha value is -2.29. The minimum Gasteiger partial charge on any atom is -0.370 e. The summed E-state index contributed by atoms with van der Waals surface area (Å²) in [5.74, 6) is 0.622. The van der Waals surface area contributed by atoms with E-state index in [0.29, 0.717) is 5.96 Å². The lowest BCUT2D eigenvalue weighted by Gasteiger charge is -2.21. The first kappa shape index (κ1) is 11.8. The molecule has 2 N–H and O–H groups in total. The van der Waals surface area contributed by atoms with E-state index in [0.717, 1.165) is 6.54 Å². The van der Waals surface area contributed by atoms with Gasteiger partial charge < -0.3 is 10.6 Å². The Morgan fingerprint density at radius 1 is 1.00 bits per heavy atom. The van der Waals surface area contributed by atoms with Crippen molar-refractivity contribution >= 4 is 5.96 Å². The van der Waals surface area contributed by atoms with Crippen molar-refractivity contribution in [2.45, 2.75) is 6.04 Å². The van der Waals surface area contributed by atoms with Crippen molar-refractivity contribution < 1.29 is 0 Å². The van der Waals surface area contributed by atoms with Gasteiger partial charge in [-0.05, 0) is 16.7 Å². The molecule has 1 aliphatic heterocycles. The van der Waals surface area contributed by atoms with Gasteiger partial charge in [0.2, 0.25) is 0 Å². The maximum Gasteiger partial charge on any atom is 0.191 e. The molecular weight excluding hydrogens is 234 g/mol. The first-order chi connectivity index (χ1) is 9.25. The van der Waals surface area contributed by atoms with Crippen LogP contribution in [0.2, 0.25) is 0 Å². The Bertz CT molecular complexity index is 587. The summed E-state index contributed by atoms with van der Waals surface area (Å²) >= 11 is 0. The maximum absolute atomic E-state index is 5.80. The number of likely N-dealkylation sites (N-methyl/N-ethyl adjacent to an activating group) is 1. The van der Waals surface area contributed by atoms with Crippen molar-refractivity contribution in [2.75, 3.05) is 13.6 Å². The summed E-state index contributed by atoms with van der Waals surface area (Å²) in [5.41, 5.74) is 9.53. The minimum absolute atomic E-state index is 0.268. The number of guanidine groups is 1. The van der Waals surface area contributed by atoms with Gasteiger partial charge in [-0.1, -0.05) is 54.6 Å². The van der Waals surface area contributed by atoms with Gasteiger partial charge >= 0.3 is 0 Å². The van der Waals surface area contributed by atoms with Gasteiger partial charge in [-0.2, -0.15) is 0 Å². The largest absolute Gasteiger partial charge is 0.370 e. The fourth-order valence-corrected chi connectivity index (χ4v) is 2.43. The van der Waals surface area contributed by atoms with Gasteiger partial charge in [0, 0.05) is 7.05 Å². The molecule has 3 heteroatoms. The third-order valence-electron chi connectivity index (χ3n) is 3.66. The molecule has 2 aromatic rings. The Labute approximate surface area is 113 Å². The molecule has 0 aliphatic carbocycles. The van der Waals surface area contributed by atoms with Crippen LogP contribution in [0.15, 0.2) is 59.6 Å². The van der Waals surface area contributed by atoms with E-state index in [4.69, 9.17) is 5.73 Å². The summed E-state index contributed by atoms with van der Waals surface area (Å²) in [5, 5.41) is 0. The molecule has 19 heavy (non-hydrogen) atoms. The van der Waals surface area contributed by atoms with Gasteiger partial charge in [-0.15, -0.1) is 0 Å². The molecule has 1 heterocycles. The minimum atomic E-state index is 0.268. The van der Waals surface area contributed by atoms with Gasteiger partial charge in [0.1, 0.15) is 0 Å². The van der Waals surface area contributed by atoms with E-state index in [1.54, 1.807) is 0 Å². The molecule has 0 radical (unpaired) electrons. The van der Waals surface area contributed by atoms with Crippen molar-refractivity contribution in [3.8, 4) is 11.1 Å². The van der Waals surface area contributed by atoms with Gasteiger partial charge in [-0.25, -0.2) is 0 Å². The van der Waals surface area contributed by atoms with Crippen LogP contribution in [-0.4, -0.2) is 24.5 Å². The fourth-order valence-electron chi connectivity index (χ4n) is 2.43. The summed E-state index contributed by atoms with van der Waals surface area (Å²) in [6, 6.07) is 19.3. The topological polar surface area (TPSA) is 41.6 Å².